The quantitative estimate of drug-likeness (QED) is 0.556. The van der Waals surface area contributed by atoms with Crippen molar-refractivity contribution in [3.63, 3.8) is 0 Å². The van der Waals surface area contributed by atoms with Crippen molar-refractivity contribution in [3.05, 3.63) is 0 Å². The number of ether oxygens (including phenoxy) is 3. The average Bonchev–Trinajstić information content (AvgIpc) is 2.50. The number of hydrogen-bond acceptors (Lipinski definition) is 6. The summed E-state index contributed by atoms with van der Waals surface area (Å²) in [6, 6.07) is 0. The molecule has 0 aromatic carbocycles. The zero-order valence-corrected chi connectivity index (χ0v) is 13.2. The van der Waals surface area contributed by atoms with Gasteiger partial charge in [0.2, 0.25) is 0 Å². The van der Waals surface area contributed by atoms with Gasteiger partial charge in [-0.1, -0.05) is 0 Å². The molecule has 0 heterocycles. The lowest BCUT2D eigenvalue weighted by atomic mass is 9.50. The van der Waals surface area contributed by atoms with E-state index in [0.717, 1.165) is 32.1 Å². The van der Waals surface area contributed by atoms with Gasteiger partial charge in [0, 0.05) is 13.0 Å². The largest absolute Gasteiger partial charge is 0.394 e. The maximum absolute atomic E-state index is 9.18. The van der Waals surface area contributed by atoms with Crippen LogP contribution in [0.1, 0.15) is 32.1 Å². The highest BCUT2D eigenvalue weighted by Gasteiger charge is 2.64. The van der Waals surface area contributed by atoms with Crippen LogP contribution in [0.25, 0.3) is 0 Å². The van der Waals surface area contributed by atoms with Gasteiger partial charge in [0.15, 0.2) is 0 Å². The summed E-state index contributed by atoms with van der Waals surface area (Å²) in [7, 11) is 0. The van der Waals surface area contributed by atoms with E-state index in [0.29, 0.717) is 38.2 Å². The molecule has 6 nitrogen and oxygen atoms in total. The van der Waals surface area contributed by atoms with E-state index in [-0.39, 0.29) is 30.5 Å². The first-order valence-corrected chi connectivity index (χ1v) is 8.48. The first kappa shape index (κ1) is 16.6. The van der Waals surface area contributed by atoms with Crippen molar-refractivity contribution in [2.45, 2.75) is 49.4 Å². The second kappa shape index (κ2) is 6.71. The minimum absolute atomic E-state index is 0.00245. The SMILES string of the molecule is NCCOC12CC3CC(C1)C(OCCO)C(OCCO)(C3)C2. The molecule has 22 heavy (non-hydrogen) atoms. The van der Waals surface area contributed by atoms with Gasteiger partial charge in [0.1, 0.15) is 0 Å². The van der Waals surface area contributed by atoms with E-state index in [1.807, 2.05) is 0 Å². The first-order valence-electron chi connectivity index (χ1n) is 8.48. The number of aliphatic hydroxyl groups is 2. The lowest BCUT2D eigenvalue weighted by molar-refractivity contribution is -0.292. The molecule has 0 aromatic rings. The molecular weight excluding hydrogens is 286 g/mol. The Labute approximate surface area is 131 Å². The smallest absolute Gasteiger partial charge is 0.0976 e. The molecule has 6 heteroatoms. The summed E-state index contributed by atoms with van der Waals surface area (Å²) in [6.45, 7) is 1.82. The number of aliphatic hydroxyl groups excluding tert-OH is 2. The summed E-state index contributed by atoms with van der Waals surface area (Å²) < 4.78 is 18.3. The molecule has 0 spiro atoms. The van der Waals surface area contributed by atoms with Crippen LogP contribution in [0.4, 0.5) is 0 Å². The molecule has 4 saturated carbocycles. The summed E-state index contributed by atoms with van der Waals surface area (Å²) in [5.74, 6) is 1.00. The molecule has 5 atom stereocenters. The summed E-state index contributed by atoms with van der Waals surface area (Å²) in [6.07, 6.45) is 4.99. The summed E-state index contributed by atoms with van der Waals surface area (Å²) in [5, 5.41) is 18.3. The van der Waals surface area contributed by atoms with Crippen molar-refractivity contribution >= 4 is 0 Å². The van der Waals surface area contributed by atoms with Crippen molar-refractivity contribution in [1.29, 1.82) is 0 Å². The van der Waals surface area contributed by atoms with Crippen LogP contribution in [0.5, 0.6) is 0 Å². The Bertz CT molecular complexity index is 382. The molecule has 5 unspecified atom stereocenters. The van der Waals surface area contributed by atoms with Crippen LogP contribution in [0, 0.1) is 11.8 Å². The standard InChI is InChI=1S/C16H29NO5/c17-1-4-21-15-8-12-7-13(10-15)14(20-5-2-18)16(9-12,11-15)22-6-3-19/h12-14,18-19H,1-11,17H2. The summed E-state index contributed by atoms with van der Waals surface area (Å²) in [4.78, 5) is 0. The third-order valence-electron chi connectivity index (χ3n) is 5.53. The zero-order valence-electron chi connectivity index (χ0n) is 13.2. The number of nitrogens with two attached hydrogens (primary N) is 1. The van der Waals surface area contributed by atoms with Gasteiger partial charge >= 0.3 is 0 Å². The van der Waals surface area contributed by atoms with E-state index in [1.165, 1.54) is 0 Å². The van der Waals surface area contributed by atoms with E-state index in [1.54, 1.807) is 0 Å². The van der Waals surface area contributed by atoms with Crippen molar-refractivity contribution < 1.29 is 24.4 Å². The molecule has 4 fully saturated rings. The molecule has 0 saturated heterocycles. The van der Waals surface area contributed by atoms with Gasteiger partial charge in [-0.2, -0.15) is 0 Å². The fraction of sp³-hybridized carbons (Fsp3) is 1.00. The van der Waals surface area contributed by atoms with Crippen molar-refractivity contribution in [2.24, 2.45) is 17.6 Å². The van der Waals surface area contributed by atoms with Gasteiger partial charge in [-0.25, -0.2) is 0 Å². The highest BCUT2D eigenvalue weighted by molar-refractivity contribution is 5.15. The predicted octanol–water partition coefficient (Wildman–Crippen LogP) is 0.0494. The minimum atomic E-state index is -0.378. The van der Waals surface area contributed by atoms with Gasteiger partial charge in [-0.15, -0.1) is 0 Å². The van der Waals surface area contributed by atoms with Gasteiger partial charge in [-0.3, -0.25) is 0 Å². The fourth-order valence-corrected chi connectivity index (χ4v) is 5.32. The molecule has 0 aromatic heterocycles. The third kappa shape index (κ3) is 2.92. The Morgan fingerprint density at radius 1 is 1.00 bits per heavy atom. The Morgan fingerprint density at radius 2 is 1.82 bits per heavy atom. The van der Waals surface area contributed by atoms with E-state index in [2.05, 4.69) is 0 Å². The Balaban J connectivity index is 1.81. The number of rotatable bonds is 9. The van der Waals surface area contributed by atoms with Gasteiger partial charge in [0.25, 0.3) is 0 Å². The van der Waals surface area contributed by atoms with Gasteiger partial charge in [-0.05, 0) is 37.5 Å². The second-order valence-corrected chi connectivity index (χ2v) is 7.12. The van der Waals surface area contributed by atoms with Crippen LogP contribution >= 0.6 is 0 Å². The molecular formula is C16H29NO5. The van der Waals surface area contributed by atoms with Crippen LogP contribution in [0.3, 0.4) is 0 Å². The molecule has 4 bridgehead atoms. The third-order valence-corrected chi connectivity index (χ3v) is 5.53. The van der Waals surface area contributed by atoms with Crippen molar-refractivity contribution in [3.8, 4) is 0 Å². The monoisotopic (exact) mass is 315 g/mol. The molecule has 0 aliphatic heterocycles. The molecule has 4 rings (SSSR count). The second-order valence-electron chi connectivity index (χ2n) is 7.12. The lowest BCUT2D eigenvalue weighted by Crippen LogP contribution is -2.69. The van der Waals surface area contributed by atoms with Crippen molar-refractivity contribution in [1.82, 2.24) is 0 Å². The first-order chi connectivity index (χ1) is 10.7. The minimum Gasteiger partial charge on any atom is -0.394 e. The highest BCUT2D eigenvalue weighted by atomic mass is 16.6. The maximum Gasteiger partial charge on any atom is 0.0976 e. The predicted molar refractivity (Wildman–Crippen MR) is 80.4 cm³/mol. The maximum atomic E-state index is 9.18. The Hall–Kier alpha value is -0.240. The van der Waals surface area contributed by atoms with E-state index < -0.39 is 0 Å². The zero-order chi connectivity index (χ0) is 15.6. The highest BCUT2D eigenvalue weighted by Crippen LogP contribution is 2.60. The summed E-state index contributed by atoms with van der Waals surface area (Å²) >= 11 is 0. The van der Waals surface area contributed by atoms with E-state index >= 15 is 0 Å². The molecule has 4 N–H and O–H groups in total. The van der Waals surface area contributed by atoms with Crippen LogP contribution in [-0.4, -0.2) is 67.1 Å². The van der Waals surface area contributed by atoms with Crippen LogP contribution in [0.2, 0.25) is 0 Å². The van der Waals surface area contributed by atoms with Crippen LogP contribution in [-0.2, 0) is 14.2 Å². The molecule has 4 aliphatic rings. The number of hydrogen-bond donors (Lipinski definition) is 3. The van der Waals surface area contributed by atoms with E-state index in [4.69, 9.17) is 25.1 Å². The van der Waals surface area contributed by atoms with Crippen LogP contribution < -0.4 is 5.73 Å². The fourth-order valence-electron chi connectivity index (χ4n) is 5.32. The molecule has 0 radical (unpaired) electrons. The molecule has 128 valence electrons. The van der Waals surface area contributed by atoms with Crippen molar-refractivity contribution in [2.75, 3.05) is 39.6 Å². The van der Waals surface area contributed by atoms with Gasteiger partial charge < -0.3 is 30.2 Å². The Kier molecular flexibility index (Phi) is 5.07. The average molecular weight is 315 g/mol. The lowest BCUT2D eigenvalue weighted by Gasteiger charge is -2.64. The molecule has 0 amide bonds. The van der Waals surface area contributed by atoms with E-state index in [9.17, 15) is 5.11 Å². The van der Waals surface area contributed by atoms with Crippen LogP contribution in [0.15, 0.2) is 0 Å². The molecule has 4 aliphatic carbocycles. The summed E-state index contributed by atoms with van der Waals surface area (Å²) in [5.41, 5.74) is 5.10. The Morgan fingerprint density at radius 3 is 2.55 bits per heavy atom. The normalized spacial score (nSPS) is 43.0. The van der Waals surface area contributed by atoms with Gasteiger partial charge in [0.05, 0.1) is 50.3 Å². The topological polar surface area (TPSA) is 94.2 Å².